The van der Waals surface area contributed by atoms with Crippen molar-refractivity contribution in [3.8, 4) is 17.2 Å². The monoisotopic (exact) mass is 404 g/mol. The van der Waals surface area contributed by atoms with Crippen molar-refractivity contribution >= 4 is 0 Å². The highest BCUT2D eigenvalue weighted by Gasteiger charge is 2.71. The quantitative estimate of drug-likeness (QED) is 0.704. The number of rotatable bonds is 6. The van der Waals surface area contributed by atoms with Gasteiger partial charge in [-0.1, -0.05) is 13.0 Å². The van der Waals surface area contributed by atoms with Crippen LogP contribution in [0.5, 0.6) is 17.2 Å². The van der Waals surface area contributed by atoms with Gasteiger partial charge in [-0.05, 0) is 36.1 Å². The van der Waals surface area contributed by atoms with Gasteiger partial charge in [0.1, 0.15) is 17.5 Å². The molecule has 1 aromatic carbocycles. The van der Waals surface area contributed by atoms with E-state index in [4.69, 9.17) is 23.7 Å². The van der Waals surface area contributed by atoms with Crippen LogP contribution in [0.2, 0.25) is 0 Å². The van der Waals surface area contributed by atoms with Crippen molar-refractivity contribution in [1.29, 1.82) is 0 Å². The van der Waals surface area contributed by atoms with Gasteiger partial charge in [-0.25, -0.2) is 0 Å². The Bertz CT molecular complexity index is 850. The second-order valence-corrected chi connectivity index (χ2v) is 7.94. The van der Waals surface area contributed by atoms with E-state index >= 15 is 0 Å². The number of hydrogen-bond acceptors (Lipinski definition) is 7. The molecule has 0 spiro atoms. The molecule has 1 saturated carbocycles. The maximum absolute atomic E-state index is 11.5. The van der Waals surface area contributed by atoms with E-state index in [0.29, 0.717) is 29.4 Å². The van der Waals surface area contributed by atoms with E-state index in [0.717, 1.165) is 5.56 Å². The zero-order valence-corrected chi connectivity index (χ0v) is 17.2. The van der Waals surface area contributed by atoms with Crippen molar-refractivity contribution in [2.75, 3.05) is 28.1 Å². The first-order chi connectivity index (χ1) is 13.9. The largest absolute Gasteiger partial charge is 0.499 e. The smallest absolute Gasteiger partial charge is 0.231 e. The Morgan fingerprint density at radius 2 is 1.97 bits per heavy atom. The Labute approximate surface area is 170 Å². The van der Waals surface area contributed by atoms with Crippen LogP contribution in [0.1, 0.15) is 24.8 Å². The molecule has 7 heteroatoms. The highest BCUT2D eigenvalue weighted by Crippen LogP contribution is 2.65. The van der Waals surface area contributed by atoms with Gasteiger partial charge in [-0.3, -0.25) is 0 Å². The third kappa shape index (κ3) is 2.41. The molecule has 1 heterocycles. The number of methoxy groups -OCH3 is 3. The van der Waals surface area contributed by atoms with E-state index in [1.807, 2.05) is 18.2 Å². The number of ether oxygens (including phenoxy) is 5. The number of fused-ring (bicyclic) bond motifs is 3. The molecule has 2 bridgehead atoms. The van der Waals surface area contributed by atoms with Gasteiger partial charge in [0.05, 0.1) is 20.3 Å². The van der Waals surface area contributed by atoms with Crippen LogP contribution in [0.3, 0.4) is 0 Å². The molecule has 7 nitrogen and oxygen atoms in total. The minimum Gasteiger partial charge on any atom is -0.499 e. The zero-order valence-electron chi connectivity index (χ0n) is 17.2. The van der Waals surface area contributed by atoms with Gasteiger partial charge in [-0.15, -0.1) is 6.58 Å². The Morgan fingerprint density at radius 1 is 1.21 bits per heavy atom. The first kappa shape index (κ1) is 20.1. The predicted molar refractivity (Wildman–Crippen MR) is 105 cm³/mol. The summed E-state index contributed by atoms with van der Waals surface area (Å²) >= 11 is 0. The number of hydrogen-bond donors (Lipinski definition) is 2. The summed E-state index contributed by atoms with van der Waals surface area (Å²) in [5.74, 6) is 1.57. The minimum absolute atomic E-state index is 0.108. The molecule has 0 amide bonds. The van der Waals surface area contributed by atoms with Crippen molar-refractivity contribution in [2.24, 2.45) is 11.3 Å². The van der Waals surface area contributed by atoms with Crippen LogP contribution in [0, 0.1) is 11.3 Å². The van der Waals surface area contributed by atoms with Gasteiger partial charge in [0, 0.05) is 18.4 Å². The molecule has 6 atom stereocenters. The lowest BCUT2D eigenvalue weighted by molar-refractivity contribution is -0.179. The van der Waals surface area contributed by atoms with Crippen LogP contribution in [0.15, 0.2) is 36.6 Å². The van der Waals surface area contributed by atoms with Crippen molar-refractivity contribution < 1.29 is 33.9 Å². The molecule has 0 aromatic heterocycles. The normalized spacial score (nSPS) is 37.2. The Kier molecular flexibility index (Phi) is 4.80. The highest BCUT2D eigenvalue weighted by molar-refractivity contribution is 5.57. The van der Waals surface area contributed by atoms with Crippen molar-refractivity contribution in [3.05, 3.63) is 42.2 Å². The third-order valence-electron chi connectivity index (χ3n) is 7.01. The summed E-state index contributed by atoms with van der Waals surface area (Å²) in [5, 5.41) is 22.8. The maximum atomic E-state index is 11.5. The number of aliphatic hydroxyl groups excluding tert-OH is 2. The number of allylic oxidation sites excluding steroid dienone is 1. The molecule has 29 heavy (non-hydrogen) atoms. The first-order valence-corrected chi connectivity index (χ1v) is 9.67. The first-order valence-electron chi connectivity index (χ1n) is 9.67. The molecule has 1 aliphatic heterocycles. The molecule has 0 radical (unpaired) electrons. The van der Waals surface area contributed by atoms with Crippen LogP contribution < -0.4 is 14.2 Å². The Hall–Kier alpha value is -2.22. The summed E-state index contributed by atoms with van der Waals surface area (Å²) in [6.45, 7) is 6.05. The molecule has 4 rings (SSSR count). The van der Waals surface area contributed by atoms with Gasteiger partial charge in [0.15, 0.2) is 11.5 Å². The van der Waals surface area contributed by atoms with Crippen LogP contribution in [-0.4, -0.2) is 56.1 Å². The van der Waals surface area contributed by atoms with Crippen LogP contribution in [-0.2, 0) is 9.47 Å². The van der Waals surface area contributed by atoms with Crippen molar-refractivity contribution in [1.82, 2.24) is 0 Å². The summed E-state index contributed by atoms with van der Waals surface area (Å²) in [5.41, 5.74) is -1.17. The molecule has 158 valence electrons. The second kappa shape index (κ2) is 6.93. The van der Waals surface area contributed by atoms with E-state index in [2.05, 4.69) is 13.5 Å². The summed E-state index contributed by atoms with van der Waals surface area (Å²) < 4.78 is 28.1. The molecular formula is C22H28O7. The summed E-state index contributed by atoms with van der Waals surface area (Å²) in [6.07, 6.45) is 2.03. The molecule has 3 aliphatic rings. The van der Waals surface area contributed by atoms with Gasteiger partial charge in [0.2, 0.25) is 12.5 Å². The Morgan fingerprint density at radius 3 is 2.59 bits per heavy atom. The lowest BCUT2D eigenvalue weighted by Gasteiger charge is -2.46. The lowest BCUT2D eigenvalue weighted by atomic mass is 9.69. The highest BCUT2D eigenvalue weighted by atomic mass is 16.7. The summed E-state index contributed by atoms with van der Waals surface area (Å²) in [6, 6.07) is 3.74. The molecule has 1 fully saturated rings. The van der Waals surface area contributed by atoms with Crippen LogP contribution in [0.4, 0.5) is 0 Å². The van der Waals surface area contributed by atoms with Crippen LogP contribution >= 0.6 is 0 Å². The average molecular weight is 404 g/mol. The Balaban J connectivity index is 1.94. The van der Waals surface area contributed by atoms with Gasteiger partial charge < -0.3 is 33.9 Å². The fourth-order valence-electron chi connectivity index (χ4n) is 5.64. The minimum atomic E-state index is -1.30. The third-order valence-corrected chi connectivity index (χ3v) is 7.01. The number of aliphatic hydroxyl groups is 2. The summed E-state index contributed by atoms with van der Waals surface area (Å²) in [7, 11) is 4.59. The molecule has 0 saturated heterocycles. The molecule has 0 unspecified atom stereocenters. The number of benzene rings is 1. The molecule has 2 N–H and O–H groups in total. The topological polar surface area (TPSA) is 86.6 Å². The standard InChI is InChI=1S/C22H28O7/c1-6-7-21-10-16(26-4)19(23)22(27-5,20(21)24)17(12(21)2)13-8-14(25-3)18-15(9-13)28-11-29-18/h6,8-10,12,17,19-20,23-24H,1,7,11H2,2-5H3/t12-,17+,19+,20+,21+,22-/m1/s1. The van der Waals surface area contributed by atoms with E-state index in [1.54, 1.807) is 13.2 Å². The van der Waals surface area contributed by atoms with Gasteiger partial charge >= 0.3 is 0 Å². The SMILES string of the molecule is C=CC[C@]12C=C(OC)[C@H](O)[C@](OC)([C@H](c3cc(OC)c4c(c3)OCO4)[C@H]1C)[C@H]2O. The molecule has 2 aliphatic carbocycles. The van der Waals surface area contributed by atoms with E-state index in [9.17, 15) is 10.2 Å². The van der Waals surface area contributed by atoms with Crippen molar-refractivity contribution in [2.45, 2.75) is 37.1 Å². The lowest BCUT2D eigenvalue weighted by Crippen LogP contribution is -2.59. The second-order valence-electron chi connectivity index (χ2n) is 7.94. The van der Waals surface area contributed by atoms with Gasteiger partial charge in [-0.2, -0.15) is 0 Å². The van der Waals surface area contributed by atoms with Gasteiger partial charge in [0.25, 0.3) is 0 Å². The summed E-state index contributed by atoms with van der Waals surface area (Å²) in [4.78, 5) is 0. The average Bonchev–Trinajstić information content (AvgIpc) is 3.24. The van der Waals surface area contributed by atoms with E-state index in [1.165, 1.54) is 14.2 Å². The fraction of sp³-hybridized carbons (Fsp3) is 0.545. The fourth-order valence-corrected chi connectivity index (χ4v) is 5.64. The van der Waals surface area contributed by atoms with E-state index < -0.39 is 23.2 Å². The maximum Gasteiger partial charge on any atom is 0.231 e. The zero-order chi connectivity index (χ0) is 21.0. The van der Waals surface area contributed by atoms with Crippen LogP contribution in [0.25, 0.3) is 0 Å². The predicted octanol–water partition coefficient (Wildman–Crippen LogP) is 2.37. The molecule has 1 aromatic rings. The molecular weight excluding hydrogens is 376 g/mol. The van der Waals surface area contributed by atoms with Crippen molar-refractivity contribution in [3.63, 3.8) is 0 Å². The van der Waals surface area contributed by atoms with E-state index in [-0.39, 0.29) is 18.6 Å².